The first-order valence-corrected chi connectivity index (χ1v) is 11.6. The number of hydrogen-bond donors (Lipinski definition) is 2. The van der Waals surface area contributed by atoms with Gasteiger partial charge in [0.1, 0.15) is 12.1 Å². The zero-order chi connectivity index (χ0) is 25.0. The molecular weight excluding hydrogens is 458 g/mol. The second-order valence-electron chi connectivity index (χ2n) is 9.26. The molecule has 1 saturated heterocycles. The van der Waals surface area contributed by atoms with Crippen molar-refractivity contribution in [3.63, 3.8) is 0 Å². The number of carbonyl (C=O) groups excluding carboxylic acids is 3. The number of para-hydroxylation sites is 3. The fourth-order valence-electron chi connectivity index (χ4n) is 5.31. The maximum atomic E-state index is 13.3. The molecule has 0 saturated carbocycles. The van der Waals surface area contributed by atoms with Gasteiger partial charge >= 0.3 is 11.7 Å². The Morgan fingerprint density at radius 1 is 0.917 bits per heavy atom. The zero-order valence-electron chi connectivity index (χ0n) is 19.5. The van der Waals surface area contributed by atoms with Gasteiger partial charge in [-0.3, -0.25) is 24.0 Å². The van der Waals surface area contributed by atoms with Crippen LogP contribution >= 0.6 is 0 Å². The second kappa shape index (κ2) is 7.94. The molecule has 180 valence electrons. The Balaban J connectivity index is 1.26. The van der Waals surface area contributed by atoms with E-state index >= 15 is 0 Å². The molecular formula is C27H23N5O4. The van der Waals surface area contributed by atoms with Crippen LogP contribution in [0.3, 0.4) is 0 Å². The third-order valence-corrected chi connectivity index (χ3v) is 7.20. The highest BCUT2D eigenvalue weighted by Gasteiger charge is 2.54. The molecule has 1 aliphatic heterocycles. The largest absolute Gasteiger partial charge is 0.334 e. The van der Waals surface area contributed by atoms with E-state index in [1.54, 1.807) is 17.7 Å². The minimum absolute atomic E-state index is 0.153. The Morgan fingerprint density at radius 2 is 1.61 bits per heavy atom. The number of aromatic nitrogens is 2. The van der Waals surface area contributed by atoms with Crippen molar-refractivity contribution in [2.24, 2.45) is 0 Å². The van der Waals surface area contributed by atoms with Gasteiger partial charge in [-0.1, -0.05) is 36.4 Å². The normalized spacial score (nSPS) is 18.6. The number of benzene rings is 3. The Kier molecular flexibility index (Phi) is 4.82. The van der Waals surface area contributed by atoms with Crippen LogP contribution in [0.15, 0.2) is 77.6 Å². The summed E-state index contributed by atoms with van der Waals surface area (Å²) in [6.45, 7) is -0.153. The second-order valence-corrected chi connectivity index (χ2v) is 9.26. The van der Waals surface area contributed by atoms with Crippen LogP contribution in [0.4, 0.5) is 10.5 Å². The maximum absolute atomic E-state index is 13.3. The monoisotopic (exact) mass is 481 g/mol. The summed E-state index contributed by atoms with van der Waals surface area (Å²) in [5.41, 5.74) is 3.33. The smallest absolute Gasteiger partial charge is 0.325 e. The molecule has 3 aromatic carbocycles. The van der Waals surface area contributed by atoms with Gasteiger partial charge in [-0.2, -0.15) is 0 Å². The number of nitrogens with zero attached hydrogens (tertiary/aromatic N) is 3. The van der Waals surface area contributed by atoms with Gasteiger partial charge in [0.2, 0.25) is 5.91 Å². The van der Waals surface area contributed by atoms with Crippen LogP contribution in [0.5, 0.6) is 0 Å². The van der Waals surface area contributed by atoms with E-state index in [4.69, 9.17) is 0 Å². The summed E-state index contributed by atoms with van der Waals surface area (Å²) in [5.74, 6) is -0.641. The van der Waals surface area contributed by atoms with Gasteiger partial charge in [-0.25, -0.2) is 9.59 Å². The van der Waals surface area contributed by atoms with Crippen LogP contribution in [-0.2, 0) is 29.0 Å². The van der Waals surface area contributed by atoms with Crippen LogP contribution in [0.1, 0.15) is 11.1 Å². The SMILES string of the molecule is CN1C(=O)NC(=O)C12Cc1ccc(NC(=O)Cn3c(=O)n(-c4ccccc4)c4ccccc43)cc1C2. The standard InChI is InChI=1S/C27H23N5O4/c1-30-25(35)29-24(34)27(30)14-17-11-12-19(13-18(17)15-27)28-23(33)16-31-21-9-5-6-10-22(21)32(26(31)36)20-7-3-2-4-8-20/h2-13H,14-16H2,1H3,(H,28,33)(H,29,34,35). The molecule has 9 nitrogen and oxygen atoms in total. The van der Waals surface area contributed by atoms with E-state index in [1.165, 1.54) is 9.47 Å². The summed E-state index contributed by atoms with van der Waals surface area (Å²) in [7, 11) is 1.62. The van der Waals surface area contributed by atoms with Crippen LogP contribution in [0, 0.1) is 0 Å². The van der Waals surface area contributed by atoms with Gasteiger partial charge in [0.15, 0.2) is 0 Å². The van der Waals surface area contributed by atoms with Crippen LogP contribution in [0.2, 0.25) is 0 Å². The van der Waals surface area contributed by atoms with E-state index in [2.05, 4.69) is 10.6 Å². The third kappa shape index (κ3) is 3.24. The lowest BCUT2D eigenvalue weighted by molar-refractivity contribution is -0.125. The average molecular weight is 482 g/mol. The lowest BCUT2D eigenvalue weighted by atomic mass is 9.95. The van der Waals surface area contributed by atoms with Crippen molar-refractivity contribution < 1.29 is 14.4 Å². The van der Waals surface area contributed by atoms with Crippen LogP contribution in [0.25, 0.3) is 16.7 Å². The highest BCUT2D eigenvalue weighted by molar-refractivity contribution is 6.07. The van der Waals surface area contributed by atoms with Crippen molar-refractivity contribution in [1.29, 1.82) is 0 Å². The molecule has 1 atom stereocenters. The lowest BCUT2D eigenvalue weighted by Gasteiger charge is -2.27. The number of anilines is 1. The molecule has 0 bridgehead atoms. The zero-order valence-corrected chi connectivity index (χ0v) is 19.5. The Morgan fingerprint density at radius 3 is 2.33 bits per heavy atom. The maximum Gasteiger partial charge on any atom is 0.334 e. The predicted molar refractivity (Wildman–Crippen MR) is 134 cm³/mol. The quantitative estimate of drug-likeness (QED) is 0.437. The number of carbonyl (C=O) groups is 3. The van der Waals surface area contributed by atoms with Crippen molar-refractivity contribution >= 4 is 34.6 Å². The summed E-state index contributed by atoms with van der Waals surface area (Å²) in [6.07, 6.45) is 0.809. The minimum Gasteiger partial charge on any atom is -0.325 e. The molecule has 2 heterocycles. The third-order valence-electron chi connectivity index (χ3n) is 7.20. The lowest BCUT2D eigenvalue weighted by Crippen LogP contribution is -2.48. The molecule has 1 spiro atoms. The summed E-state index contributed by atoms with van der Waals surface area (Å²) in [4.78, 5) is 52.3. The Bertz CT molecular complexity index is 1620. The van der Waals surface area contributed by atoms with Crippen LogP contribution in [-0.4, -0.2) is 44.5 Å². The first-order valence-electron chi connectivity index (χ1n) is 11.6. The molecule has 4 amide bonds. The molecule has 4 aromatic rings. The number of fused-ring (bicyclic) bond motifs is 2. The fourth-order valence-corrected chi connectivity index (χ4v) is 5.31. The summed E-state index contributed by atoms with van der Waals surface area (Å²) >= 11 is 0. The van der Waals surface area contributed by atoms with Gasteiger partial charge in [-0.05, 0) is 47.5 Å². The molecule has 1 aromatic heterocycles. The van der Waals surface area contributed by atoms with Gasteiger partial charge in [0, 0.05) is 25.6 Å². The molecule has 2 N–H and O–H groups in total. The number of amides is 4. The van der Waals surface area contributed by atoms with E-state index in [-0.39, 0.29) is 24.0 Å². The van der Waals surface area contributed by atoms with Crippen LogP contribution < -0.4 is 16.3 Å². The highest BCUT2D eigenvalue weighted by Crippen LogP contribution is 2.38. The molecule has 1 unspecified atom stereocenters. The fraction of sp³-hybridized carbons (Fsp3) is 0.185. The van der Waals surface area contributed by atoms with Gasteiger partial charge in [-0.15, -0.1) is 0 Å². The molecule has 0 radical (unpaired) electrons. The number of imide groups is 1. The van der Waals surface area contributed by atoms with Crippen molar-refractivity contribution in [3.8, 4) is 5.69 Å². The first-order chi connectivity index (χ1) is 17.4. The average Bonchev–Trinajstić information content (AvgIpc) is 3.46. The Labute approximate surface area is 205 Å². The Hall–Kier alpha value is -4.66. The molecule has 36 heavy (non-hydrogen) atoms. The topological polar surface area (TPSA) is 105 Å². The summed E-state index contributed by atoms with van der Waals surface area (Å²) < 4.78 is 3.06. The highest BCUT2D eigenvalue weighted by atomic mass is 16.2. The molecule has 2 aliphatic rings. The number of rotatable bonds is 4. The van der Waals surface area contributed by atoms with E-state index in [0.29, 0.717) is 24.0 Å². The molecule has 1 aliphatic carbocycles. The number of likely N-dealkylation sites (N-methyl/N-ethyl adjacent to an activating group) is 1. The van der Waals surface area contributed by atoms with Crippen molar-refractivity contribution in [2.75, 3.05) is 12.4 Å². The van der Waals surface area contributed by atoms with E-state index in [1.807, 2.05) is 66.7 Å². The number of hydrogen-bond acceptors (Lipinski definition) is 4. The van der Waals surface area contributed by atoms with Crippen molar-refractivity contribution in [3.05, 3.63) is 94.4 Å². The van der Waals surface area contributed by atoms with Gasteiger partial charge < -0.3 is 10.2 Å². The van der Waals surface area contributed by atoms with Gasteiger partial charge in [0.05, 0.1) is 16.7 Å². The summed E-state index contributed by atoms with van der Waals surface area (Å²) in [5, 5.41) is 5.27. The van der Waals surface area contributed by atoms with E-state index in [9.17, 15) is 19.2 Å². The summed E-state index contributed by atoms with van der Waals surface area (Å²) in [6, 6.07) is 21.8. The number of imidazole rings is 1. The molecule has 1 fully saturated rings. The predicted octanol–water partition coefficient (Wildman–Crippen LogP) is 2.45. The van der Waals surface area contributed by atoms with Gasteiger partial charge in [0.25, 0.3) is 5.91 Å². The van der Waals surface area contributed by atoms with E-state index in [0.717, 1.165) is 22.3 Å². The number of urea groups is 1. The van der Waals surface area contributed by atoms with E-state index < -0.39 is 11.6 Å². The van der Waals surface area contributed by atoms with Crippen molar-refractivity contribution in [2.45, 2.75) is 24.9 Å². The minimum atomic E-state index is -0.922. The molecule has 6 rings (SSSR count). The first kappa shape index (κ1) is 21.8. The molecule has 9 heteroatoms. The number of nitrogens with one attached hydrogen (secondary N) is 2. The van der Waals surface area contributed by atoms with Crippen molar-refractivity contribution in [1.82, 2.24) is 19.4 Å².